The van der Waals surface area contributed by atoms with Crippen molar-refractivity contribution in [3.05, 3.63) is 35.9 Å². The van der Waals surface area contributed by atoms with Gasteiger partial charge in [-0.05, 0) is 31.2 Å². The summed E-state index contributed by atoms with van der Waals surface area (Å²) in [4.78, 5) is 51.6. The first kappa shape index (κ1) is 25.3. The summed E-state index contributed by atoms with van der Waals surface area (Å²) >= 11 is 0. The van der Waals surface area contributed by atoms with Crippen molar-refractivity contribution in [3.8, 4) is 0 Å². The average molecular weight is 447 g/mol. The van der Waals surface area contributed by atoms with Crippen LogP contribution < -0.4 is 16.4 Å². The fourth-order valence-corrected chi connectivity index (χ4v) is 3.83. The van der Waals surface area contributed by atoms with Crippen molar-refractivity contribution in [3.63, 3.8) is 0 Å². The molecule has 0 aromatic heterocycles. The number of likely N-dealkylation sites (tertiary alicyclic amines) is 1. The van der Waals surface area contributed by atoms with Crippen LogP contribution in [0.5, 0.6) is 0 Å². The van der Waals surface area contributed by atoms with Crippen LogP contribution in [0.4, 0.5) is 0 Å². The lowest BCUT2D eigenvalue weighted by Crippen LogP contribution is -2.58. The molecule has 3 amide bonds. The largest absolute Gasteiger partial charge is 0.480 e. The zero-order valence-electron chi connectivity index (χ0n) is 18.9. The number of carboxylic acid groups (broad SMARTS) is 1. The van der Waals surface area contributed by atoms with E-state index >= 15 is 0 Å². The number of nitrogens with one attached hydrogen (secondary N) is 2. The molecule has 5 atom stereocenters. The number of amides is 3. The van der Waals surface area contributed by atoms with Crippen molar-refractivity contribution < 1.29 is 24.3 Å². The van der Waals surface area contributed by atoms with E-state index in [4.69, 9.17) is 5.73 Å². The van der Waals surface area contributed by atoms with Crippen molar-refractivity contribution in [2.45, 2.75) is 70.6 Å². The Morgan fingerprint density at radius 1 is 1.16 bits per heavy atom. The van der Waals surface area contributed by atoms with E-state index in [2.05, 4.69) is 10.6 Å². The number of benzene rings is 1. The maximum Gasteiger partial charge on any atom is 0.326 e. The van der Waals surface area contributed by atoms with Gasteiger partial charge in [0.15, 0.2) is 0 Å². The van der Waals surface area contributed by atoms with Gasteiger partial charge in [0.2, 0.25) is 17.7 Å². The first-order chi connectivity index (χ1) is 15.1. The van der Waals surface area contributed by atoms with Crippen LogP contribution in [0.1, 0.15) is 45.6 Å². The van der Waals surface area contributed by atoms with E-state index in [0.29, 0.717) is 25.8 Å². The number of carbonyl (C=O) groups is 4. The van der Waals surface area contributed by atoms with Crippen molar-refractivity contribution in [1.29, 1.82) is 0 Å². The summed E-state index contributed by atoms with van der Waals surface area (Å²) in [7, 11) is 0. The summed E-state index contributed by atoms with van der Waals surface area (Å²) in [5.41, 5.74) is 6.48. The number of nitrogens with zero attached hydrogens (tertiary/aromatic N) is 1. The lowest BCUT2D eigenvalue weighted by atomic mass is 9.96. The molecule has 9 nitrogen and oxygen atoms in total. The third-order valence-electron chi connectivity index (χ3n) is 5.92. The zero-order valence-corrected chi connectivity index (χ0v) is 18.9. The molecule has 5 N–H and O–H groups in total. The van der Waals surface area contributed by atoms with Crippen molar-refractivity contribution in [2.24, 2.45) is 11.7 Å². The average Bonchev–Trinajstić information content (AvgIpc) is 3.26. The van der Waals surface area contributed by atoms with E-state index in [0.717, 1.165) is 5.56 Å². The molecule has 1 heterocycles. The Morgan fingerprint density at radius 2 is 1.81 bits per heavy atom. The summed E-state index contributed by atoms with van der Waals surface area (Å²) in [5.74, 6) is -2.67. The molecule has 0 bridgehead atoms. The molecule has 1 fully saturated rings. The molecule has 32 heavy (non-hydrogen) atoms. The van der Waals surface area contributed by atoms with Crippen LogP contribution in [0.3, 0.4) is 0 Å². The van der Waals surface area contributed by atoms with E-state index < -0.39 is 42.0 Å². The molecule has 5 unspecified atom stereocenters. The van der Waals surface area contributed by atoms with Crippen LogP contribution in [-0.4, -0.2) is 64.4 Å². The molecule has 0 saturated carbocycles. The SMILES string of the molecule is CCC(C)C(NC(=O)C1CCCN1C(=O)C(C)N)C(=O)NC(Cc1ccccc1)C(=O)O. The first-order valence-corrected chi connectivity index (χ1v) is 11.1. The minimum Gasteiger partial charge on any atom is -0.480 e. The minimum absolute atomic E-state index is 0.127. The van der Waals surface area contributed by atoms with E-state index in [-0.39, 0.29) is 18.2 Å². The van der Waals surface area contributed by atoms with E-state index in [1.54, 1.807) is 31.2 Å². The lowest BCUT2D eigenvalue weighted by molar-refractivity contribution is -0.143. The second kappa shape index (κ2) is 11.6. The molecular weight excluding hydrogens is 412 g/mol. The monoisotopic (exact) mass is 446 g/mol. The number of nitrogens with two attached hydrogens (primary N) is 1. The molecule has 0 radical (unpaired) electrons. The second-order valence-corrected chi connectivity index (χ2v) is 8.44. The van der Waals surface area contributed by atoms with Gasteiger partial charge in [-0.2, -0.15) is 0 Å². The molecular formula is C23H34N4O5. The van der Waals surface area contributed by atoms with Crippen molar-refractivity contribution in [2.75, 3.05) is 6.54 Å². The van der Waals surface area contributed by atoms with Crippen LogP contribution in [-0.2, 0) is 25.6 Å². The molecule has 9 heteroatoms. The summed E-state index contributed by atoms with van der Waals surface area (Å²) < 4.78 is 0. The number of carboxylic acids is 1. The Hall–Kier alpha value is -2.94. The Labute approximate surface area is 188 Å². The predicted molar refractivity (Wildman–Crippen MR) is 119 cm³/mol. The number of hydrogen-bond donors (Lipinski definition) is 4. The summed E-state index contributed by atoms with van der Waals surface area (Å²) in [5, 5.41) is 14.9. The highest BCUT2D eigenvalue weighted by Gasteiger charge is 2.38. The molecule has 0 aliphatic carbocycles. The Morgan fingerprint density at radius 3 is 2.38 bits per heavy atom. The van der Waals surface area contributed by atoms with Crippen LogP contribution in [0.15, 0.2) is 30.3 Å². The first-order valence-electron chi connectivity index (χ1n) is 11.1. The molecule has 1 aromatic rings. The normalized spacial score (nSPS) is 19.5. The highest BCUT2D eigenvalue weighted by atomic mass is 16.4. The van der Waals surface area contributed by atoms with Crippen molar-refractivity contribution >= 4 is 23.7 Å². The third-order valence-corrected chi connectivity index (χ3v) is 5.92. The van der Waals surface area contributed by atoms with Crippen molar-refractivity contribution in [1.82, 2.24) is 15.5 Å². The fourth-order valence-electron chi connectivity index (χ4n) is 3.83. The topological polar surface area (TPSA) is 142 Å². The van der Waals surface area contributed by atoms with Gasteiger partial charge in [-0.1, -0.05) is 50.6 Å². The van der Waals surface area contributed by atoms with Gasteiger partial charge in [0.05, 0.1) is 6.04 Å². The number of aliphatic carboxylic acids is 1. The molecule has 1 aromatic carbocycles. The molecule has 1 saturated heterocycles. The van der Waals surface area contributed by atoms with Crippen LogP contribution in [0, 0.1) is 5.92 Å². The van der Waals surface area contributed by atoms with E-state index in [1.165, 1.54) is 4.90 Å². The fraction of sp³-hybridized carbons (Fsp3) is 0.565. The predicted octanol–water partition coefficient (Wildman–Crippen LogP) is 0.668. The number of rotatable bonds is 10. The Kier molecular flexibility index (Phi) is 9.19. The molecule has 1 aliphatic heterocycles. The van der Waals surface area contributed by atoms with Gasteiger partial charge in [0, 0.05) is 13.0 Å². The van der Waals surface area contributed by atoms with Gasteiger partial charge in [-0.3, -0.25) is 14.4 Å². The van der Waals surface area contributed by atoms with Crippen LogP contribution in [0.2, 0.25) is 0 Å². The third kappa shape index (κ3) is 6.53. The van der Waals surface area contributed by atoms with Gasteiger partial charge >= 0.3 is 5.97 Å². The van der Waals surface area contributed by atoms with Gasteiger partial charge in [0.1, 0.15) is 18.1 Å². The zero-order chi connectivity index (χ0) is 23.8. The lowest BCUT2D eigenvalue weighted by Gasteiger charge is -2.30. The molecule has 0 spiro atoms. The molecule has 1 aliphatic rings. The van der Waals surface area contributed by atoms with E-state index in [1.807, 2.05) is 19.9 Å². The summed E-state index contributed by atoms with van der Waals surface area (Å²) in [6.07, 6.45) is 1.89. The smallest absolute Gasteiger partial charge is 0.326 e. The molecule has 2 rings (SSSR count). The summed E-state index contributed by atoms with van der Waals surface area (Å²) in [6.45, 7) is 5.72. The van der Waals surface area contributed by atoms with Gasteiger partial charge in [0.25, 0.3) is 0 Å². The maximum absolute atomic E-state index is 13.0. The number of carbonyl (C=O) groups excluding carboxylic acids is 3. The standard InChI is InChI=1S/C23H34N4O5/c1-4-14(2)19(26-20(28)18-11-8-12-27(18)22(30)15(3)24)21(29)25-17(23(31)32)13-16-9-6-5-7-10-16/h5-7,9-10,14-15,17-19H,4,8,11-13,24H2,1-3H3,(H,25,29)(H,26,28)(H,31,32). The van der Waals surface area contributed by atoms with Gasteiger partial charge in [-0.15, -0.1) is 0 Å². The van der Waals surface area contributed by atoms with Gasteiger partial charge in [-0.25, -0.2) is 4.79 Å². The van der Waals surface area contributed by atoms with Crippen LogP contribution in [0.25, 0.3) is 0 Å². The summed E-state index contributed by atoms with van der Waals surface area (Å²) in [6, 6.07) is 5.56. The Balaban J connectivity index is 2.12. The highest BCUT2D eigenvalue weighted by Crippen LogP contribution is 2.19. The maximum atomic E-state index is 13.0. The number of hydrogen-bond acceptors (Lipinski definition) is 5. The van der Waals surface area contributed by atoms with E-state index in [9.17, 15) is 24.3 Å². The molecule has 176 valence electrons. The highest BCUT2D eigenvalue weighted by molar-refractivity contribution is 5.94. The van der Waals surface area contributed by atoms with Crippen LogP contribution >= 0.6 is 0 Å². The minimum atomic E-state index is -1.15. The van der Waals surface area contributed by atoms with Gasteiger partial charge < -0.3 is 26.4 Å². The Bertz CT molecular complexity index is 814. The second-order valence-electron chi connectivity index (χ2n) is 8.44. The quantitative estimate of drug-likeness (QED) is 0.416.